The zero-order valence-electron chi connectivity index (χ0n) is 16.2. The fraction of sp³-hybridized carbons (Fsp3) is 0.286. The lowest BCUT2D eigenvalue weighted by molar-refractivity contribution is -0.384. The van der Waals surface area contributed by atoms with E-state index in [9.17, 15) is 24.5 Å². The van der Waals surface area contributed by atoms with Crippen LogP contribution in [0.1, 0.15) is 17.5 Å². The standard InChI is InChI=1S/C21H22N4O5/c22-20(27)18(12-15-6-9-16(10-7-15)25(29)30)24-17(21(28)23-13-19(24)26)11-8-14-4-2-1-3-5-14/h1-7,9-10,17-18H,8,11-13H2,(H2,22,27)(H,23,28)/t17-,18-/m0/s1. The molecule has 2 aromatic rings. The Morgan fingerprint density at radius 1 is 1.13 bits per heavy atom. The molecule has 30 heavy (non-hydrogen) atoms. The Hall–Kier alpha value is -3.75. The first-order valence-corrected chi connectivity index (χ1v) is 9.52. The molecule has 156 valence electrons. The minimum atomic E-state index is -1.04. The molecule has 1 heterocycles. The van der Waals surface area contributed by atoms with Gasteiger partial charge in [0.1, 0.15) is 12.1 Å². The van der Waals surface area contributed by atoms with Gasteiger partial charge in [0, 0.05) is 18.6 Å². The number of rotatable bonds is 8. The number of hydrogen-bond donors (Lipinski definition) is 2. The molecule has 9 heteroatoms. The molecular weight excluding hydrogens is 388 g/mol. The SMILES string of the molecule is NC(=O)[C@H](Cc1ccc([N+](=O)[O-])cc1)N1C(=O)CNC(=O)[C@@H]1CCc1ccccc1. The van der Waals surface area contributed by atoms with Gasteiger partial charge in [0.25, 0.3) is 5.69 Å². The summed E-state index contributed by atoms with van der Waals surface area (Å²) in [6.07, 6.45) is 0.950. The number of carbonyl (C=O) groups is 3. The van der Waals surface area contributed by atoms with Crippen molar-refractivity contribution in [2.45, 2.75) is 31.3 Å². The average Bonchev–Trinajstić information content (AvgIpc) is 2.74. The van der Waals surface area contributed by atoms with Crippen molar-refractivity contribution in [1.82, 2.24) is 10.2 Å². The number of nitrogens with zero attached hydrogens (tertiary/aromatic N) is 2. The highest BCUT2D eigenvalue weighted by Gasteiger charge is 2.40. The van der Waals surface area contributed by atoms with Crippen LogP contribution in [0.25, 0.3) is 0 Å². The minimum absolute atomic E-state index is 0.0637. The van der Waals surface area contributed by atoms with Crippen molar-refractivity contribution < 1.29 is 19.3 Å². The minimum Gasteiger partial charge on any atom is -0.368 e. The number of amides is 3. The molecule has 3 N–H and O–H groups in total. The van der Waals surface area contributed by atoms with Gasteiger partial charge >= 0.3 is 0 Å². The molecule has 2 atom stereocenters. The number of nitro groups is 1. The van der Waals surface area contributed by atoms with E-state index in [1.54, 1.807) is 0 Å². The van der Waals surface area contributed by atoms with Gasteiger partial charge in [-0.05, 0) is 24.0 Å². The molecule has 0 saturated carbocycles. The quantitative estimate of drug-likeness (QED) is 0.493. The number of aryl methyl sites for hydroxylation is 1. The third-order valence-electron chi connectivity index (χ3n) is 5.13. The number of nitrogens with one attached hydrogen (secondary N) is 1. The smallest absolute Gasteiger partial charge is 0.269 e. The van der Waals surface area contributed by atoms with Gasteiger partial charge in [-0.2, -0.15) is 0 Å². The largest absolute Gasteiger partial charge is 0.368 e. The highest BCUT2D eigenvalue weighted by molar-refractivity contribution is 5.97. The molecule has 3 rings (SSSR count). The van der Waals surface area contributed by atoms with Crippen LogP contribution in [0.5, 0.6) is 0 Å². The third kappa shape index (κ3) is 4.80. The van der Waals surface area contributed by atoms with E-state index in [1.807, 2.05) is 30.3 Å². The fourth-order valence-electron chi connectivity index (χ4n) is 3.59. The van der Waals surface area contributed by atoms with E-state index in [4.69, 9.17) is 5.73 Å². The van der Waals surface area contributed by atoms with Crippen molar-refractivity contribution in [3.05, 3.63) is 75.8 Å². The van der Waals surface area contributed by atoms with Crippen molar-refractivity contribution >= 4 is 23.4 Å². The predicted molar refractivity (Wildman–Crippen MR) is 108 cm³/mol. The maximum absolute atomic E-state index is 12.7. The number of hydrogen-bond acceptors (Lipinski definition) is 5. The summed E-state index contributed by atoms with van der Waals surface area (Å²) in [7, 11) is 0. The molecule has 0 bridgehead atoms. The second-order valence-corrected chi connectivity index (χ2v) is 7.10. The molecule has 9 nitrogen and oxygen atoms in total. The zero-order chi connectivity index (χ0) is 21.7. The van der Waals surface area contributed by atoms with E-state index in [-0.39, 0.29) is 24.6 Å². The highest BCUT2D eigenvalue weighted by Crippen LogP contribution is 2.21. The van der Waals surface area contributed by atoms with Crippen LogP contribution >= 0.6 is 0 Å². The van der Waals surface area contributed by atoms with Crippen molar-refractivity contribution in [3.63, 3.8) is 0 Å². The molecule has 0 aliphatic carbocycles. The van der Waals surface area contributed by atoms with Crippen LogP contribution in [-0.2, 0) is 27.2 Å². The van der Waals surface area contributed by atoms with Crippen LogP contribution < -0.4 is 11.1 Å². The van der Waals surface area contributed by atoms with Gasteiger partial charge in [-0.25, -0.2) is 0 Å². The van der Waals surface area contributed by atoms with Crippen molar-refractivity contribution in [2.75, 3.05) is 6.54 Å². The van der Waals surface area contributed by atoms with E-state index in [0.29, 0.717) is 18.4 Å². The molecule has 1 aliphatic rings. The van der Waals surface area contributed by atoms with Crippen molar-refractivity contribution in [1.29, 1.82) is 0 Å². The Morgan fingerprint density at radius 3 is 2.40 bits per heavy atom. The Morgan fingerprint density at radius 2 is 1.80 bits per heavy atom. The van der Waals surface area contributed by atoms with Crippen LogP contribution in [0, 0.1) is 10.1 Å². The highest BCUT2D eigenvalue weighted by atomic mass is 16.6. The van der Waals surface area contributed by atoms with E-state index < -0.39 is 28.8 Å². The summed E-state index contributed by atoms with van der Waals surface area (Å²) in [5.74, 6) is -1.46. The van der Waals surface area contributed by atoms with E-state index in [0.717, 1.165) is 5.56 Å². The number of piperazine rings is 1. The summed E-state index contributed by atoms with van der Waals surface area (Å²) in [6.45, 7) is -0.204. The number of nitrogens with two attached hydrogens (primary N) is 1. The van der Waals surface area contributed by atoms with Crippen LogP contribution in [0.3, 0.4) is 0 Å². The number of non-ortho nitro benzene ring substituents is 1. The van der Waals surface area contributed by atoms with Gasteiger partial charge in [0.15, 0.2) is 0 Å². The van der Waals surface area contributed by atoms with Gasteiger partial charge in [-0.15, -0.1) is 0 Å². The molecule has 0 aromatic heterocycles. The molecule has 1 aliphatic heterocycles. The van der Waals surface area contributed by atoms with E-state index in [1.165, 1.54) is 29.2 Å². The summed E-state index contributed by atoms with van der Waals surface area (Å²) < 4.78 is 0. The van der Waals surface area contributed by atoms with Crippen LogP contribution in [-0.4, -0.2) is 46.2 Å². The monoisotopic (exact) mass is 410 g/mol. The van der Waals surface area contributed by atoms with Gasteiger partial charge in [0.05, 0.1) is 11.5 Å². The van der Waals surface area contributed by atoms with Gasteiger partial charge in [0.2, 0.25) is 17.7 Å². The summed E-state index contributed by atoms with van der Waals surface area (Å²) >= 11 is 0. The van der Waals surface area contributed by atoms with Crippen LogP contribution in [0.4, 0.5) is 5.69 Å². The lowest BCUT2D eigenvalue weighted by atomic mass is 9.96. The Bertz CT molecular complexity index is 946. The molecule has 0 spiro atoms. The van der Waals surface area contributed by atoms with Crippen LogP contribution in [0.2, 0.25) is 0 Å². The molecule has 0 radical (unpaired) electrons. The average molecular weight is 410 g/mol. The Balaban J connectivity index is 1.82. The normalized spacial score (nSPS) is 17.3. The Labute approximate surface area is 173 Å². The van der Waals surface area contributed by atoms with Crippen LogP contribution in [0.15, 0.2) is 54.6 Å². The second-order valence-electron chi connectivity index (χ2n) is 7.10. The molecule has 1 saturated heterocycles. The molecule has 0 unspecified atom stereocenters. The van der Waals surface area contributed by atoms with Crippen molar-refractivity contribution in [3.8, 4) is 0 Å². The first-order valence-electron chi connectivity index (χ1n) is 9.52. The van der Waals surface area contributed by atoms with Gasteiger partial charge in [-0.1, -0.05) is 42.5 Å². The predicted octanol–water partition coefficient (Wildman–Crippen LogP) is 0.951. The van der Waals surface area contributed by atoms with Crippen molar-refractivity contribution in [2.24, 2.45) is 5.73 Å². The summed E-state index contributed by atoms with van der Waals surface area (Å²) in [5, 5.41) is 13.4. The van der Waals surface area contributed by atoms with E-state index >= 15 is 0 Å². The number of primary amides is 1. The molecule has 3 amide bonds. The lowest BCUT2D eigenvalue weighted by Gasteiger charge is -2.39. The number of nitro benzene ring substituents is 1. The summed E-state index contributed by atoms with van der Waals surface area (Å²) in [6, 6.07) is 13.3. The topological polar surface area (TPSA) is 136 Å². The summed E-state index contributed by atoms with van der Waals surface area (Å²) in [5.41, 5.74) is 7.13. The first kappa shape index (κ1) is 21.0. The molecular formula is C21H22N4O5. The third-order valence-corrected chi connectivity index (χ3v) is 5.13. The van der Waals surface area contributed by atoms with Gasteiger partial charge in [-0.3, -0.25) is 24.5 Å². The summed E-state index contributed by atoms with van der Waals surface area (Å²) in [4.78, 5) is 49.0. The fourth-order valence-corrected chi connectivity index (χ4v) is 3.59. The number of benzene rings is 2. The van der Waals surface area contributed by atoms with Gasteiger partial charge < -0.3 is 16.0 Å². The zero-order valence-corrected chi connectivity index (χ0v) is 16.2. The molecule has 2 aromatic carbocycles. The molecule has 1 fully saturated rings. The maximum Gasteiger partial charge on any atom is 0.269 e. The van der Waals surface area contributed by atoms with E-state index in [2.05, 4.69) is 5.32 Å². The lowest BCUT2D eigenvalue weighted by Crippen LogP contribution is -2.64. The second kappa shape index (κ2) is 9.17. The maximum atomic E-state index is 12.7. The first-order chi connectivity index (χ1) is 14.4. The Kier molecular flexibility index (Phi) is 6.41. The number of carbonyl (C=O) groups excluding carboxylic acids is 3.